The molecule has 1 aromatic heterocycles. The zero-order chi connectivity index (χ0) is 20.4. The molecule has 0 saturated carbocycles. The van der Waals surface area contributed by atoms with Crippen molar-refractivity contribution in [3.05, 3.63) is 65.5 Å². The van der Waals surface area contributed by atoms with Crippen molar-refractivity contribution in [1.29, 1.82) is 0 Å². The SMILES string of the molecule is CC(C)NC(=O)C[C@@H]1CC2(CCN(C(=O)c3cccnc3)CC2)c2ccccc21. The number of hydrogen-bond acceptors (Lipinski definition) is 3. The van der Waals surface area contributed by atoms with Crippen molar-refractivity contribution in [2.75, 3.05) is 13.1 Å². The number of amides is 2. The van der Waals surface area contributed by atoms with Gasteiger partial charge in [0.1, 0.15) is 0 Å². The Morgan fingerprint density at radius 2 is 1.93 bits per heavy atom. The minimum atomic E-state index is 0.0621. The van der Waals surface area contributed by atoms with Gasteiger partial charge in [0.15, 0.2) is 0 Å². The Morgan fingerprint density at radius 3 is 2.62 bits per heavy atom. The fraction of sp³-hybridized carbons (Fsp3) is 0.458. The fourth-order valence-electron chi connectivity index (χ4n) is 5.10. The third kappa shape index (κ3) is 3.91. The zero-order valence-electron chi connectivity index (χ0n) is 17.2. The number of fused-ring (bicyclic) bond motifs is 2. The minimum absolute atomic E-state index is 0.0621. The van der Waals surface area contributed by atoms with Gasteiger partial charge in [0, 0.05) is 37.9 Å². The second-order valence-electron chi connectivity index (χ2n) is 8.73. The van der Waals surface area contributed by atoms with Gasteiger partial charge in [-0.2, -0.15) is 0 Å². The highest BCUT2D eigenvalue weighted by atomic mass is 16.2. The standard InChI is InChI=1S/C24H29N3O2/c1-17(2)26-22(28)14-19-15-24(21-8-4-3-7-20(19)21)9-12-27(13-10-24)23(29)18-6-5-11-25-16-18/h3-8,11,16-17,19H,9-10,12-15H2,1-2H3,(H,26,28)/t19-/m1/s1. The number of benzene rings is 1. The molecule has 2 aliphatic rings. The molecule has 1 saturated heterocycles. The number of aromatic nitrogens is 1. The Labute approximate surface area is 172 Å². The first-order chi connectivity index (χ1) is 14.0. The van der Waals surface area contributed by atoms with Crippen LogP contribution in [-0.4, -0.2) is 40.8 Å². The van der Waals surface area contributed by atoms with E-state index in [-0.39, 0.29) is 29.2 Å². The summed E-state index contributed by atoms with van der Waals surface area (Å²) < 4.78 is 0. The lowest BCUT2D eigenvalue weighted by Gasteiger charge is -2.40. The smallest absolute Gasteiger partial charge is 0.255 e. The summed E-state index contributed by atoms with van der Waals surface area (Å²) in [6.07, 6.45) is 6.74. The predicted octanol–water partition coefficient (Wildman–Crippen LogP) is 3.66. The summed E-state index contributed by atoms with van der Waals surface area (Å²) in [5, 5.41) is 3.03. The molecule has 1 spiro atoms. The van der Waals surface area contributed by atoms with Crippen LogP contribution in [0.3, 0.4) is 0 Å². The number of rotatable bonds is 4. The number of carbonyl (C=O) groups is 2. The predicted molar refractivity (Wildman–Crippen MR) is 113 cm³/mol. The Hall–Kier alpha value is -2.69. The summed E-state index contributed by atoms with van der Waals surface area (Å²) in [6, 6.07) is 12.4. The van der Waals surface area contributed by atoms with E-state index in [4.69, 9.17) is 0 Å². The molecule has 4 rings (SSSR count). The van der Waals surface area contributed by atoms with Gasteiger partial charge in [-0.1, -0.05) is 24.3 Å². The van der Waals surface area contributed by atoms with E-state index in [1.165, 1.54) is 11.1 Å². The zero-order valence-corrected chi connectivity index (χ0v) is 17.2. The highest BCUT2D eigenvalue weighted by Crippen LogP contribution is 2.52. The Bertz CT molecular complexity index is 886. The van der Waals surface area contributed by atoms with Gasteiger partial charge in [-0.05, 0) is 67.7 Å². The van der Waals surface area contributed by atoms with Crippen molar-refractivity contribution in [3.63, 3.8) is 0 Å². The maximum Gasteiger partial charge on any atom is 0.255 e. The number of carbonyl (C=O) groups excluding carboxylic acids is 2. The van der Waals surface area contributed by atoms with Crippen LogP contribution >= 0.6 is 0 Å². The molecule has 5 nitrogen and oxygen atoms in total. The molecule has 0 radical (unpaired) electrons. The van der Waals surface area contributed by atoms with E-state index >= 15 is 0 Å². The number of nitrogens with one attached hydrogen (secondary N) is 1. The third-order valence-corrected chi connectivity index (χ3v) is 6.41. The van der Waals surface area contributed by atoms with Crippen LogP contribution in [0.2, 0.25) is 0 Å². The van der Waals surface area contributed by atoms with E-state index in [9.17, 15) is 9.59 Å². The van der Waals surface area contributed by atoms with E-state index in [0.717, 1.165) is 32.4 Å². The van der Waals surface area contributed by atoms with Crippen molar-refractivity contribution in [2.24, 2.45) is 0 Å². The molecule has 0 bridgehead atoms. The van der Waals surface area contributed by atoms with E-state index in [1.807, 2.05) is 24.8 Å². The van der Waals surface area contributed by atoms with Crippen LogP contribution in [0.5, 0.6) is 0 Å². The molecule has 2 aromatic rings. The topological polar surface area (TPSA) is 62.3 Å². The molecule has 152 valence electrons. The lowest BCUT2D eigenvalue weighted by atomic mass is 9.73. The molecule has 1 atom stereocenters. The second kappa shape index (κ2) is 7.97. The lowest BCUT2D eigenvalue weighted by molar-refractivity contribution is -0.122. The van der Waals surface area contributed by atoms with E-state index in [2.05, 4.69) is 34.6 Å². The van der Waals surface area contributed by atoms with Gasteiger partial charge in [-0.15, -0.1) is 0 Å². The number of pyridine rings is 1. The molecule has 1 N–H and O–H groups in total. The van der Waals surface area contributed by atoms with Crippen LogP contribution < -0.4 is 5.32 Å². The Balaban J connectivity index is 1.49. The number of nitrogens with zero attached hydrogens (tertiary/aromatic N) is 2. The molecule has 5 heteroatoms. The van der Waals surface area contributed by atoms with Gasteiger partial charge in [0.25, 0.3) is 5.91 Å². The summed E-state index contributed by atoms with van der Waals surface area (Å²) >= 11 is 0. The first-order valence-electron chi connectivity index (χ1n) is 10.6. The van der Waals surface area contributed by atoms with Crippen LogP contribution in [0.1, 0.15) is 66.9 Å². The van der Waals surface area contributed by atoms with Crippen molar-refractivity contribution >= 4 is 11.8 Å². The second-order valence-corrected chi connectivity index (χ2v) is 8.73. The normalized spacial score (nSPS) is 20.0. The third-order valence-electron chi connectivity index (χ3n) is 6.41. The van der Waals surface area contributed by atoms with Crippen LogP contribution in [0.4, 0.5) is 0 Å². The number of hydrogen-bond donors (Lipinski definition) is 1. The fourth-order valence-corrected chi connectivity index (χ4v) is 5.10. The first kappa shape index (κ1) is 19.6. The van der Waals surface area contributed by atoms with Gasteiger partial charge >= 0.3 is 0 Å². The maximum atomic E-state index is 12.8. The van der Waals surface area contributed by atoms with Crippen molar-refractivity contribution < 1.29 is 9.59 Å². The molecule has 2 heterocycles. The van der Waals surface area contributed by atoms with E-state index < -0.39 is 0 Å². The number of piperidine rings is 1. The maximum absolute atomic E-state index is 12.8. The summed E-state index contributed by atoms with van der Waals surface area (Å²) in [6.45, 7) is 5.48. The van der Waals surface area contributed by atoms with Gasteiger partial charge < -0.3 is 10.2 Å². The number of likely N-dealkylation sites (tertiary alicyclic amines) is 1. The lowest BCUT2D eigenvalue weighted by Crippen LogP contribution is -2.44. The molecule has 0 unspecified atom stereocenters. The van der Waals surface area contributed by atoms with E-state index in [0.29, 0.717) is 12.0 Å². The molecule has 1 aliphatic heterocycles. The van der Waals surface area contributed by atoms with Crippen molar-refractivity contribution in [2.45, 2.75) is 56.9 Å². The summed E-state index contributed by atoms with van der Waals surface area (Å²) in [5.74, 6) is 0.443. The quantitative estimate of drug-likeness (QED) is 0.865. The molecular formula is C24H29N3O2. The van der Waals surface area contributed by atoms with Gasteiger partial charge in [0.05, 0.1) is 5.56 Å². The molecule has 29 heavy (non-hydrogen) atoms. The average molecular weight is 392 g/mol. The molecule has 1 aromatic carbocycles. The molecule has 1 aliphatic carbocycles. The summed E-state index contributed by atoms with van der Waals surface area (Å²) in [4.78, 5) is 31.2. The van der Waals surface area contributed by atoms with Gasteiger partial charge in [-0.3, -0.25) is 14.6 Å². The summed E-state index contributed by atoms with van der Waals surface area (Å²) in [7, 11) is 0. The molecular weight excluding hydrogens is 362 g/mol. The van der Waals surface area contributed by atoms with Crippen molar-refractivity contribution in [1.82, 2.24) is 15.2 Å². The minimum Gasteiger partial charge on any atom is -0.354 e. The highest BCUT2D eigenvalue weighted by molar-refractivity contribution is 5.94. The van der Waals surface area contributed by atoms with Crippen LogP contribution in [0.15, 0.2) is 48.8 Å². The van der Waals surface area contributed by atoms with Crippen molar-refractivity contribution in [3.8, 4) is 0 Å². The van der Waals surface area contributed by atoms with Crippen LogP contribution in [0, 0.1) is 0 Å². The Morgan fingerprint density at radius 1 is 1.17 bits per heavy atom. The van der Waals surface area contributed by atoms with Gasteiger partial charge in [0.2, 0.25) is 5.91 Å². The average Bonchev–Trinajstić information content (AvgIpc) is 3.01. The monoisotopic (exact) mass is 391 g/mol. The summed E-state index contributed by atoms with van der Waals surface area (Å²) in [5.41, 5.74) is 3.43. The highest BCUT2D eigenvalue weighted by Gasteiger charge is 2.46. The van der Waals surface area contributed by atoms with E-state index in [1.54, 1.807) is 18.5 Å². The van der Waals surface area contributed by atoms with Crippen LogP contribution in [0.25, 0.3) is 0 Å². The molecule has 2 amide bonds. The largest absolute Gasteiger partial charge is 0.354 e. The first-order valence-corrected chi connectivity index (χ1v) is 10.6. The van der Waals surface area contributed by atoms with Crippen LogP contribution in [-0.2, 0) is 10.2 Å². The Kier molecular flexibility index (Phi) is 5.39. The van der Waals surface area contributed by atoms with Gasteiger partial charge in [-0.25, -0.2) is 0 Å². The molecule has 1 fully saturated rings.